The summed E-state index contributed by atoms with van der Waals surface area (Å²) in [6.07, 6.45) is 4.64. The van der Waals surface area contributed by atoms with Crippen LogP contribution in [-0.2, 0) is 16.0 Å². The number of carbonyl (C=O) groups is 3. The molecule has 0 saturated carbocycles. The van der Waals surface area contributed by atoms with E-state index in [1.54, 1.807) is 34.1 Å². The Bertz CT molecular complexity index is 1360. The normalized spacial score (nSPS) is 19.5. The lowest BCUT2D eigenvalue weighted by Crippen LogP contribution is -2.56. The number of hydrogen-bond donors (Lipinski definition) is 3. The number of ether oxygens (including phenoxy) is 1. The van der Waals surface area contributed by atoms with Gasteiger partial charge in [0.2, 0.25) is 11.8 Å². The lowest BCUT2D eigenvalue weighted by atomic mass is 9.96. The number of amides is 3. The van der Waals surface area contributed by atoms with Gasteiger partial charge in [0.25, 0.3) is 5.91 Å². The number of likely N-dealkylation sites (tertiary alicyclic amines) is 1. The summed E-state index contributed by atoms with van der Waals surface area (Å²) in [6.45, 7) is 7.02. The van der Waals surface area contributed by atoms with E-state index in [1.165, 1.54) is 18.2 Å². The van der Waals surface area contributed by atoms with Crippen LogP contribution in [0.2, 0.25) is 0 Å². The number of carbonyl (C=O) groups excluding carboxylic acids is 3. The van der Waals surface area contributed by atoms with Gasteiger partial charge in [0, 0.05) is 62.5 Å². The zero-order chi connectivity index (χ0) is 31.2. The zero-order valence-electron chi connectivity index (χ0n) is 25.4. The van der Waals surface area contributed by atoms with E-state index in [1.807, 2.05) is 6.92 Å². The van der Waals surface area contributed by atoms with Crippen molar-refractivity contribution in [3.05, 3.63) is 70.5 Å². The summed E-state index contributed by atoms with van der Waals surface area (Å²) in [5, 5.41) is 11.9. The van der Waals surface area contributed by atoms with Crippen LogP contribution >= 0.6 is 0 Å². The monoisotopic (exact) mass is 606 g/mol. The molecular formula is C33H43FN6O4. The summed E-state index contributed by atoms with van der Waals surface area (Å²) in [4.78, 5) is 44.1. The molecule has 3 saturated heterocycles. The van der Waals surface area contributed by atoms with Crippen LogP contribution in [0.25, 0.3) is 0 Å². The summed E-state index contributed by atoms with van der Waals surface area (Å²) in [5.74, 6) is -1.65. The van der Waals surface area contributed by atoms with Gasteiger partial charge in [-0.15, -0.1) is 0 Å². The van der Waals surface area contributed by atoms with Crippen molar-refractivity contribution >= 4 is 23.4 Å². The van der Waals surface area contributed by atoms with Crippen LogP contribution < -0.4 is 11.1 Å². The molecule has 11 heteroatoms. The number of halogens is 1. The van der Waals surface area contributed by atoms with Gasteiger partial charge < -0.3 is 31.0 Å². The van der Waals surface area contributed by atoms with Crippen molar-refractivity contribution in [1.29, 1.82) is 5.41 Å². The van der Waals surface area contributed by atoms with Crippen molar-refractivity contribution in [3.8, 4) is 0 Å². The molecule has 2 aromatic rings. The van der Waals surface area contributed by atoms with Crippen molar-refractivity contribution in [1.82, 2.24) is 20.0 Å². The Balaban J connectivity index is 1.12. The highest BCUT2D eigenvalue weighted by Crippen LogP contribution is 2.22. The fourth-order valence-corrected chi connectivity index (χ4v) is 6.43. The minimum atomic E-state index is -0.637. The molecule has 0 aromatic heterocycles. The third-order valence-electron chi connectivity index (χ3n) is 9.09. The SMILES string of the molecule is CC(C(=O)N1CCN(C(=O)c2cc(CC(=N)c3ccccc3C(N)=O)ccc2F)CC1)N1CCC(OC2CCNCC2)CC1. The van der Waals surface area contributed by atoms with E-state index in [0.29, 0.717) is 43.4 Å². The first-order chi connectivity index (χ1) is 21.2. The number of primary amides is 1. The molecule has 3 amide bonds. The van der Waals surface area contributed by atoms with Crippen LogP contribution in [-0.4, -0.2) is 109 Å². The summed E-state index contributed by atoms with van der Waals surface area (Å²) < 4.78 is 21.2. The average Bonchev–Trinajstić information content (AvgIpc) is 3.05. The summed E-state index contributed by atoms with van der Waals surface area (Å²) >= 11 is 0. The van der Waals surface area contributed by atoms with E-state index in [2.05, 4.69) is 10.2 Å². The van der Waals surface area contributed by atoms with E-state index in [9.17, 15) is 18.8 Å². The smallest absolute Gasteiger partial charge is 0.256 e. The van der Waals surface area contributed by atoms with Crippen LogP contribution in [0.5, 0.6) is 0 Å². The zero-order valence-corrected chi connectivity index (χ0v) is 25.4. The van der Waals surface area contributed by atoms with Crippen LogP contribution in [0.3, 0.4) is 0 Å². The van der Waals surface area contributed by atoms with Crippen molar-refractivity contribution in [2.75, 3.05) is 52.4 Å². The standard InChI is InChI=1S/C33H43FN6O4/c1-22(38-14-10-25(11-15-38)44-24-8-12-37-13-9-24)32(42)39-16-18-40(19-17-39)33(43)28-20-23(6-7-29(28)34)21-30(35)26-4-2-3-5-27(26)31(36)41/h2-7,20,22,24-25,35,37H,8-19,21H2,1H3,(H2,36,41). The molecular weight excluding hydrogens is 563 g/mol. The van der Waals surface area contributed by atoms with E-state index >= 15 is 0 Å². The first kappa shape index (κ1) is 31.7. The predicted molar refractivity (Wildman–Crippen MR) is 165 cm³/mol. The second kappa shape index (κ2) is 14.4. The van der Waals surface area contributed by atoms with Gasteiger partial charge in [-0.05, 0) is 69.5 Å². The minimum absolute atomic E-state index is 0.0535. The molecule has 1 atom stereocenters. The number of nitrogens with two attached hydrogens (primary N) is 1. The van der Waals surface area contributed by atoms with Gasteiger partial charge in [0.15, 0.2) is 0 Å². The van der Waals surface area contributed by atoms with E-state index in [4.69, 9.17) is 15.9 Å². The van der Waals surface area contributed by atoms with Gasteiger partial charge in [0.1, 0.15) is 5.82 Å². The molecule has 1 unspecified atom stereocenters. The Hall–Kier alpha value is -3.67. The van der Waals surface area contributed by atoms with Crippen molar-refractivity contribution in [2.24, 2.45) is 5.73 Å². The second-order valence-corrected chi connectivity index (χ2v) is 12.0. The first-order valence-corrected chi connectivity index (χ1v) is 15.6. The Morgan fingerprint density at radius 1 is 0.909 bits per heavy atom. The van der Waals surface area contributed by atoms with Crippen LogP contribution in [0.1, 0.15) is 64.4 Å². The predicted octanol–water partition coefficient (Wildman–Crippen LogP) is 2.44. The topological polar surface area (TPSA) is 132 Å². The molecule has 0 bridgehead atoms. The third kappa shape index (κ3) is 7.51. The lowest BCUT2D eigenvalue weighted by molar-refractivity contribution is -0.139. The molecule has 44 heavy (non-hydrogen) atoms. The van der Waals surface area contributed by atoms with Crippen molar-refractivity contribution in [3.63, 3.8) is 0 Å². The molecule has 10 nitrogen and oxygen atoms in total. The minimum Gasteiger partial charge on any atom is -0.375 e. The van der Waals surface area contributed by atoms with Gasteiger partial charge in [-0.2, -0.15) is 0 Å². The molecule has 3 fully saturated rings. The number of benzene rings is 2. The molecule has 3 aliphatic rings. The van der Waals surface area contributed by atoms with Gasteiger partial charge in [-0.1, -0.05) is 24.3 Å². The van der Waals surface area contributed by atoms with Gasteiger partial charge in [0.05, 0.1) is 23.8 Å². The number of rotatable bonds is 9. The van der Waals surface area contributed by atoms with Crippen molar-refractivity contribution in [2.45, 2.75) is 57.3 Å². The number of nitrogens with one attached hydrogen (secondary N) is 2. The Morgan fingerprint density at radius 3 is 2.18 bits per heavy atom. The lowest BCUT2D eigenvalue weighted by Gasteiger charge is -2.40. The van der Waals surface area contributed by atoms with Crippen LogP contribution in [0, 0.1) is 11.2 Å². The Labute approximate surface area is 258 Å². The quantitative estimate of drug-likeness (QED) is 0.376. The highest BCUT2D eigenvalue weighted by molar-refractivity contribution is 6.09. The molecule has 0 radical (unpaired) electrons. The number of nitrogens with zero attached hydrogens (tertiary/aromatic N) is 3. The average molecular weight is 607 g/mol. The van der Waals surface area contributed by atoms with Gasteiger partial charge in [-0.3, -0.25) is 19.3 Å². The maximum atomic E-state index is 14.8. The second-order valence-electron chi connectivity index (χ2n) is 12.0. The Kier molecular flexibility index (Phi) is 10.4. The number of piperidine rings is 2. The molecule has 236 valence electrons. The van der Waals surface area contributed by atoms with Crippen molar-refractivity contribution < 1.29 is 23.5 Å². The van der Waals surface area contributed by atoms with Crippen LogP contribution in [0.15, 0.2) is 42.5 Å². The molecule has 4 N–H and O–H groups in total. The van der Waals surface area contributed by atoms with E-state index in [-0.39, 0.29) is 41.3 Å². The third-order valence-corrected chi connectivity index (χ3v) is 9.09. The molecule has 5 rings (SSSR count). The van der Waals surface area contributed by atoms with E-state index < -0.39 is 17.6 Å². The highest BCUT2D eigenvalue weighted by Gasteiger charge is 2.33. The number of piperazine rings is 1. The summed E-state index contributed by atoms with van der Waals surface area (Å²) in [6, 6.07) is 10.6. The summed E-state index contributed by atoms with van der Waals surface area (Å²) in [7, 11) is 0. The van der Waals surface area contributed by atoms with E-state index in [0.717, 1.165) is 51.9 Å². The molecule has 0 spiro atoms. The Morgan fingerprint density at radius 2 is 1.52 bits per heavy atom. The fraction of sp³-hybridized carbons (Fsp3) is 0.515. The summed E-state index contributed by atoms with van der Waals surface area (Å²) in [5.41, 5.74) is 6.75. The first-order valence-electron chi connectivity index (χ1n) is 15.6. The molecule has 3 heterocycles. The maximum absolute atomic E-state index is 14.8. The van der Waals surface area contributed by atoms with Gasteiger partial charge >= 0.3 is 0 Å². The number of hydrogen-bond acceptors (Lipinski definition) is 7. The maximum Gasteiger partial charge on any atom is 0.256 e. The van der Waals surface area contributed by atoms with Crippen LogP contribution in [0.4, 0.5) is 4.39 Å². The highest BCUT2D eigenvalue weighted by atomic mass is 19.1. The molecule has 0 aliphatic carbocycles. The molecule has 3 aliphatic heterocycles. The largest absolute Gasteiger partial charge is 0.375 e. The molecule has 2 aromatic carbocycles. The fourth-order valence-electron chi connectivity index (χ4n) is 6.43. The van der Waals surface area contributed by atoms with Gasteiger partial charge in [-0.25, -0.2) is 4.39 Å².